The molecule has 7 heteroatoms. The SMILES string of the molecule is COc1ccccc1N1C(=O)c2ccccc2NC1c1ccc(OCC(N)=O)cc1. The van der Waals surface area contributed by atoms with Gasteiger partial charge in [-0.2, -0.15) is 0 Å². The van der Waals surface area contributed by atoms with E-state index in [1.54, 1.807) is 30.2 Å². The minimum atomic E-state index is -0.544. The van der Waals surface area contributed by atoms with Crippen LogP contribution < -0.4 is 25.4 Å². The van der Waals surface area contributed by atoms with Crippen molar-refractivity contribution in [1.82, 2.24) is 0 Å². The molecule has 1 atom stereocenters. The molecule has 3 aromatic carbocycles. The maximum absolute atomic E-state index is 13.5. The van der Waals surface area contributed by atoms with E-state index in [0.717, 1.165) is 11.3 Å². The summed E-state index contributed by atoms with van der Waals surface area (Å²) in [7, 11) is 1.58. The van der Waals surface area contributed by atoms with Crippen LogP contribution in [0.1, 0.15) is 22.1 Å². The molecule has 0 fully saturated rings. The van der Waals surface area contributed by atoms with E-state index in [1.165, 1.54) is 0 Å². The number of rotatable bonds is 6. The molecule has 1 aliphatic rings. The molecule has 0 saturated carbocycles. The number of hydrogen-bond donors (Lipinski definition) is 2. The Labute approximate surface area is 174 Å². The number of anilines is 2. The molecular weight excluding hydrogens is 382 g/mol. The van der Waals surface area contributed by atoms with Gasteiger partial charge in [0.25, 0.3) is 11.8 Å². The summed E-state index contributed by atoms with van der Waals surface area (Å²) >= 11 is 0. The third-order valence-corrected chi connectivity index (χ3v) is 4.85. The Bertz CT molecular complexity index is 1080. The van der Waals surface area contributed by atoms with Crippen LogP contribution in [0.4, 0.5) is 11.4 Å². The summed E-state index contributed by atoms with van der Waals surface area (Å²) in [5, 5.41) is 3.45. The number of benzene rings is 3. The van der Waals surface area contributed by atoms with E-state index in [4.69, 9.17) is 15.2 Å². The zero-order valence-corrected chi connectivity index (χ0v) is 16.4. The lowest BCUT2D eigenvalue weighted by Crippen LogP contribution is -2.43. The van der Waals surface area contributed by atoms with Gasteiger partial charge in [0.15, 0.2) is 6.61 Å². The molecule has 1 heterocycles. The van der Waals surface area contributed by atoms with E-state index in [2.05, 4.69) is 5.32 Å². The van der Waals surface area contributed by atoms with Crippen LogP contribution in [0.3, 0.4) is 0 Å². The highest BCUT2D eigenvalue weighted by Gasteiger charge is 2.35. The summed E-state index contributed by atoms with van der Waals surface area (Å²) in [5.41, 5.74) is 7.97. The van der Waals surface area contributed by atoms with Gasteiger partial charge >= 0.3 is 0 Å². The summed E-state index contributed by atoms with van der Waals surface area (Å²) < 4.78 is 10.8. The van der Waals surface area contributed by atoms with Gasteiger partial charge in [0.1, 0.15) is 17.7 Å². The van der Waals surface area contributed by atoms with E-state index in [1.807, 2.05) is 54.6 Å². The molecule has 0 saturated heterocycles. The van der Waals surface area contributed by atoms with Crippen molar-refractivity contribution in [2.45, 2.75) is 6.17 Å². The average molecular weight is 403 g/mol. The smallest absolute Gasteiger partial charge is 0.262 e. The molecule has 3 aromatic rings. The first kappa shape index (κ1) is 19.3. The molecule has 7 nitrogen and oxygen atoms in total. The van der Waals surface area contributed by atoms with Crippen molar-refractivity contribution in [3.63, 3.8) is 0 Å². The van der Waals surface area contributed by atoms with Crippen molar-refractivity contribution in [2.75, 3.05) is 23.9 Å². The minimum Gasteiger partial charge on any atom is -0.495 e. The molecule has 0 spiro atoms. The Balaban J connectivity index is 1.75. The molecule has 1 unspecified atom stereocenters. The Hall–Kier alpha value is -4.00. The number of hydrogen-bond acceptors (Lipinski definition) is 5. The number of fused-ring (bicyclic) bond motifs is 1. The van der Waals surface area contributed by atoms with Crippen LogP contribution in [-0.2, 0) is 4.79 Å². The van der Waals surface area contributed by atoms with Gasteiger partial charge in [0, 0.05) is 5.69 Å². The summed E-state index contributed by atoms with van der Waals surface area (Å²) in [4.78, 5) is 26.1. The minimum absolute atomic E-state index is 0.132. The monoisotopic (exact) mass is 403 g/mol. The van der Waals surface area contributed by atoms with E-state index < -0.39 is 12.1 Å². The standard InChI is InChI=1S/C23H21N3O4/c1-29-20-9-5-4-8-19(20)26-22(25-18-7-3-2-6-17(18)23(26)28)15-10-12-16(13-11-15)30-14-21(24)27/h2-13,22,25H,14H2,1H3,(H2,24,27). The van der Waals surface area contributed by atoms with Crippen molar-refractivity contribution >= 4 is 23.2 Å². The number of ether oxygens (including phenoxy) is 2. The Morgan fingerprint density at radius 2 is 1.73 bits per heavy atom. The molecule has 0 aliphatic carbocycles. The summed E-state index contributed by atoms with van der Waals surface area (Å²) in [6, 6.07) is 22.0. The fourth-order valence-corrected chi connectivity index (χ4v) is 3.46. The lowest BCUT2D eigenvalue weighted by Gasteiger charge is -2.38. The Morgan fingerprint density at radius 1 is 1.03 bits per heavy atom. The molecule has 1 aliphatic heterocycles. The molecule has 3 N–H and O–H groups in total. The number of methoxy groups -OCH3 is 1. The number of nitrogens with zero attached hydrogens (tertiary/aromatic N) is 1. The van der Waals surface area contributed by atoms with E-state index in [9.17, 15) is 9.59 Å². The van der Waals surface area contributed by atoms with E-state index in [-0.39, 0.29) is 12.5 Å². The second-order valence-corrected chi connectivity index (χ2v) is 6.76. The topological polar surface area (TPSA) is 93.9 Å². The molecule has 0 radical (unpaired) electrons. The number of nitrogens with one attached hydrogen (secondary N) is 1. The van der Waals surface area contributed by atoms with Gasteiger partial charge in [-0.3, -0.25) is 14.5 Å². The summed E-state index contributed by atoms with van der Waals surface area (Å²) in [5.74, 6) is 0.438. The molecule has 4 rings (SSSR count). The largest absolute Gasteiger partial charge is 0.495 e. The Morgan fingerprint density at radius 3 is 2.47 bits per heavy atom. The number of amides is 2. The maximum atomic E-state index is 13.5. The van der Waals surface area contributed by atoms with Gasteiger partial charge in [-0.15, -0.1) is 0 Å². The first-order valence-electron chi connectivity index (χ1n) is 9.41. The van der Waals surface area contributed by atoms with Gasteiger partial charge in [0.05, 0.1) is 18.4 Å². The lowest BCUT2D eigenvalue weighted by atomic mass is 10.0. The zero-order chi connectivity index (χ0) is 21.1. The van der Waals surface area contributed by atoms with Crippen LogP contribution in [0.2, 0.25) is 0 Å². The Kier molecular flexibility index (Phi) is 5.26. The summed E-state index contributed by atoms with van der Waals surface area (Å²) in [6.45, 7) is -0.194. The molecule has 0 bridgehead atoms. The van der Waals surface area contributed by atoms with Crippen LogP contribution in [-0.4, -0.2) is 25.5 Å². The lowest BCUT2D eigenvalue weighted by molar-refractivity contribution is -0.119. The molecular formula is C23H21N3O4. The van der Waals surface area contributed by atoms with Gasteiger partial charge in [-0.05, 0) is 42.0 Å². The quantitative estimate of drug-likeness (QED) is 0.658. The number of nitrogens with two attached hydrogens (primary N) is 1. The van der Waals surface area contributed by atoms with Gasteiger partial charge in [0.2, 0.25) is 0 Å². The molecule has 2 amide bonds. The zero-order valence-electron chi connectivity index (χ0n) is 16.4. The first-order chi connectivity index (χ1) is 14.6. The van der Waals surface area contributed by atoms with Crippen LogP contribution in [0, 0.1) is 0 Å². The normalized spacial score (nSPS) is 15.2. The predicted molar refractivity (Wildman–Crippen MR) is 114 cm³/mol. The highest BCUT2D eigenvalue weighted by atomic mass is 16.5. The highest BCUT2D eigenvalue weighted by Crippen LogP contribution is 2.40. The van der Waals surface area contributed by atoms with Gasteiger partial charge in [-0.25, -0.2) is 0 Å². The number of carbonyl (C=O) groups excluding carboxylic acids is 2. The van der Waals surface area contributed by atoms with Gasteiger partial charge < -0.3 is 20.5 Å². The second-order valence-electron chi connectivity index (χ2n) is 6.76. The fraction of sp³-hybridized carbons (Fsp3) is 0.130. The van der Waals surface area contributed by atoms with Crippen LogP contribution >= 0.6 is 0 Å². The fourth-order valence-electron chi connectivity index (χ4n) is 3.46. The molecule has 152 valence electrons. The summed E-state index contributed by atoms with van der Waals surface area (Å²) in [6.07, 6.45) is -0.464. The number of primary amides is 1. The van der Waals surface area contributed by atoms with Crippen LogP contribution in [0.15, 0.2) is 72.8 Å². The van der Waals surface area contributed by atoms with Crippen molar-refractivity contribution in [3.8, 4) is 11.5 Å². The van der Waals surface area contributed by atoms with E-state index >= 15 is 0 Å². The van der Waals surface area contributed by atoms with Crippen molar-refractivity contribution < 1.29 is 19.1 Å². The maximum Gasteiger partial charge on any atom is 0.262 e. The predicted octanol–water partition coefficient (Wildman–Crippen LogP) is 3.33. The van der Waals surface area contributed by atoms with E-state index in [0.29, 0.717) is 22.7 Å². The van der Waals surface area contributed by atoms with Crippen LogP contribution in [0.25, 0.3) is 0 Å². The average Bonchev–Trinajstić information content (AvgIpc) is 2.78. The highest BCUT2D eigenvalue weighted by molar-refractivity contribution is 6.12. The second kappa shape index (κ2) is 8.16. The van der Waals surface area contributed by atoms with Crippen molar-refractivity contribution in [3.05, 3.63) is 83.9 Å². The number of carbonyl (C=O) groups is 2. The van der Waals surface area contributed by atoms with Gasteiger partial charge in [-0.1, -0.05) is 36.4 Å². The molecule has 0 aromatic heterocycles. The third-order valence-electron chi connectivity index (χ3n) is 4.85. The third kappa shape index (κ3) is 3.65. The van der Waals surface area contributed by atoms with Crippen molar-refractivity contribution in [1.29, 1.82) is 0 Å². The molecule has 30 heavy (non-hydrogen) atoms. The number of para-hydroxylation sites is 3. The van der Waals surface area contributed by atoms with Crippen LogP contribution in [0.5, 0.6) is 11.5 Å². The first-order valence-corrected chi connectivity index (χ1v) is 9.41. The van der Waals surface area contributed by atoms with Crippen molar-refractivity contribution in [2.24, 2.45) is 5.73 Å².